The van der Waals surface area contributed by atoms with Gasteiger partial charge in [0.05, 0.1) is 6.54 Å². The Bertz CT molecular complexity index is 653. The second kappa shape index (κ2) is 11.7. The van der Waals surface area contributed by atoms with Crippen molar-refractivity contribution in [3.05, 3.63) is 52.2 Å². The van der Waals surface area contributed by atoms with Gasteiger partial charge in [-0.25, -0.2) is 4.99 Å². The van der Waals surface area contributed by atoms with Crippen LogP contribution in [0.1, 0.15) is 18.1 Å². The molecule has 2 N–H and O–H groups in total. The van der Waals surface area contributed by atoms with E-state index in [0.29, 0.717) is 6.54 Å². The first kappa shape index (κ1) is 21.4. The minimum Gasteiger partial charge on any atom is -0.370 e. The van der Waals surface area contributed by atoms with Crippen LogP contribution in [0.4, 0.5) is 5.69 Å². The average Bonchev–Trinajstić information content (AvgIpc) is 3.19. The van der Waals surface area contributed by atoms with E-state index in [1.165, 1.54) is 28.3 Å². The van der Waals surface area contributed by atoms with Gasteiger partial charge < -0.3 is 15.5 Å². The number of benzene rings is 1. The second-order valence-corrected chi connectivity index (χ2v) is 7.95. The number of hydrogen-bond acceptors (Lipinski definition) is 4. The van der Waals surface area contributed by atoms with Gasteiger partial charge in [0.2, 0.25) is 0 Å². The van der Waals surface area contributed by atoms with Gasteiger partial charge >= 0.3 is 0 Å². The van der Waals surface area contributed by atoms with Crippen LogP contribution in [0.15, 0.2) is 46.1 Å². The third-order valence-corrected chi connectivity index (χ3v) is 5.79. The van der Waals surface area contributed by atoms with Gasteiger partial charge in [-0.3, -0.25) is 0 Å². The Morgan fingerprint density at radius 2 is 1.85 bits per heavy atom. The Kier molecular flexibility index (Phi) is 9.63. The molecular formula is C19H27IN4S2. The standard InChI is InChI=1S/C19H26N4S2.HI/c1-2-20-19(22-14-17-7-10-25-15-17)21-13-16-3-5-18(6-4-16)23-8-11-24-12-9-23;/h3-7,10,15H,2,8-9,11-14H2,1H3,(H2,20,21,22);1H. The molecule has 1 fully saturated rings. The summed E-state index contributed by atoms with van der Waals surface area (Å²) in [4.78, 5) is 7.12. The summed E-state index contributed by atoms with van der Waals surface area (Å²) in [5.41, 5.74) is 3.87. The molecule has 7 heteroatoms. The fraction of sp³-hybridized carbons (Fsp3) is 0.421. The number of rotatable bonds is 6. The third-order valence-electron chi connectivity index (χ3n) is 4.12. The molecule has 3 rings (SSSR count). The highest BCUT2D eigenvalue weighted by atomic mass is 127. The molecule has 26 heavy (non-hydrogen) atoms. The summed E-state index contributed by atoms with van der Waals surface area (Å²) < 4.78 is 0. The second-order valence-electron chi connectivity index (χ2n) is 5.95. The maximum Gasteiger partial charge on any atom is 0.191 e. The normalized spacial score (nSPS) is 14.7. The quantitative estimate of drug-likeness (QED) is 0.354. The smallest absolute Gasteiger partial charge is 0.191 e. The number of nitrogens with one attached hydrogen (secondary N) is 2. The predicted octanol–water partition coefficient (Wildman–Crippen LogP) is 4.17. The first-order valence-corrected chi connectivity index (χ1v) is 10.9. The van der Waals surface area contributed by atoms with Gasteiger partial charge in [-0.15, -0.1) is 24.0 Å². The lowest BCUT2D eigenvalue weighted by molar-refractivity contribution is 0.815. The number of hydrogen-bond donors (Lipinski definition) is 2. The molecule has 1 aromatic heterocycles. The van der Waals surface area contributed by atoms with Crippen molar-refractivity contribution >= 4 is 58.7 Å². The molecule has 1 aliphatic heterocycles. The van der Waals surface area contributed by atoms with E-state index in [1.54, 1.807) is 11.3 Å². The molecule has 0 atom stereocenters. The van der Waals surface area contributed by atoms with Gasteiger partial charge in [0.15, 0.2) is 5.96 Å². The monoisotopic (exact) mass is 502 g/mol. The zero-order valence-electron chi connectivity index (χ0n) is 15.1. The lowest BCUT2D eigenvalue weighted by atomic mass is 10.2. The zero-order chi connectivity index (χ0) is 17.3. The van der Waals surface area contributed by atoms with Gasteiger partial charge in [0.1, 0.15) is 0 Å². The van der Waals surface area contributed by atoms with Crippen LogP contribution in [-0.2, 0) is 13.1 Å². The first-order chi connectivity index (χ1) is 12.3. The number of anilines is 1. The Labute approximate surface area is 181 Å². The Balaban J connectivity index is 0.00000243. The third kappa shape index (κ3) is 6.66. The van der Waals surface area contributed by atoms with Crippen molar-refractivity contribution < 1.29 is 0 Å². The number of thiophene rings is 1. The SMILES string of the molecule is CCNC(=NCc1ccsc1)NCc1ccc(N2CCSCC2)cc1.I. The van der Waals surface area contributed by atoms with E-state index < -0.39 is 0 Å². The summed E-state index contributed by atoms with van der Waals surface area (Å²) in [6.07, 6.45) is 0. The molecule has 0 radical (unpaired) electrons. The van der Waals surface area contributed by atoms with Gasteiger partial charge in [0.25, 0.3) is 0 Å². The van der Waals surface area contributed by atoms with E-state index in [4.69, 9.17) is 0 Å². The Morgan fingerprint density at radius 1 is 1.08 bits per heavy atom. The summed E-state index contributed by atoms with van der Waals surface area (Å²) in [5.74, 6) is 3.33. The maximum absolute atomic E-state index is 4.65. The lowest BCUT2D eigenvalue weighted by Crippen LogP contribution is -2.36. The van der Waals surface area contributed by atoms with Crippen molar-refractivity contribution in [1.82, 2.24) is 10.6 Å². The summed E-state index contributed by atoms with van der Waals surface area (Å²) in [6.45, 7) is 6.76. The molecular weight excluding hydrogens is 475 g/mol. The molecule has 0 saturated carbocycles. The maximum atomic E-state index is 4.65. The molecule has 0 spiro atoms. The molecule has 142 valence electrons. The van der Waals surface area contributed by atoms with Gasteiger partial charge in [0, 0.05) is 43.4 Å². The van der Waals surface area contributed by atoms with Crippen LogP contribution in [0.2, 0.25) is 0 Å². The van der Waals surface area contributed by atoms with Crippen molar-refractivity contribution in [2.75, 3.05) is 36.0 Å². The topological polar surface area (TPSA) is 39.7 Å². The highest BCUT2D eigenvalue weighted by molar-refractivity contribution is 14.0. The van der Waals surface area contributed by atoms with Crippen molar-refractivity contribution in [3.8, 4) is 0 Å². The molecule has 4 nitrogen and oxygen atoms in total. The van der Waals surface area contributed by atoms with Crippen LogP contribution >= 0.6 is 47.1 Å². The van der Waals surface area contributed by atoms with Crippen LogP contribution in [0, 0.1) is 0 Å². The highest BCUT2D eigenvalue weighted by Gasteiger charge is 2.10. The van der Waals surface area contributed by atoms with Gasteiger partial charge in [-0.05, 0) is 47.0 Å². The first-order valence-electron chi connectivity index (χ1n) is 8.80. The van der Waals surface area contributed by atoms with Crippen LogP contribution < -0.4 is 15.5 Å². The molecule has 0 bridgehead atoms. The number of halogens is 1. The van der Waals surface area contributed by atoms with Gasteiger partial charge in [-0.2, -0.15) is 23.1 Å². The number of thioether (sulfide) groups is 1. The molecule has 1 aliphatic rings. The van der Waals surface area contributed by atoms with Crippen molar-refractivity contribution in [3.63, 3.8) is 0 Å². The predicted molar refractivity (Wildman–Crippen MR) is 127 cm³/mol. The number of guanidine groups is 1. The summed E-state index contributed by atoms with van der Waals surface area (Å²) in [6, 6.07) is 11.0. The van der Waals surface area contributed by atoms with Crippen LogP contribution in [0.5, 0.6) is 0 Å². The summed E-state index contributed by atoms with van der Waals surface area (Å²) in [7, 11) is 0. The van der Waals surface area contributed by atoms with E-state index >= 15 is 0 Å². The molecule has 2 heterocycles. The van der Waals surface area contributed by atoms with Crippen molar-refractivity contribution in [1.29, 1.82) is 0 Å². The molecule has 0 amide bonds. The molecule has 0 unspecified atom stereocenters. The van der Waals surface area contributed by atoms with E-state index in [2.05, 4.69) is 68.5 Å². The Hall–Kier alpha value is -0.930. The fourth-order valence-electron chi connectivity index (χ4n) is 2.73. The lowest BCUT2D eigenvalue weighted by Gasteiger charge is -2.28. The zero-order valence-corrected chi connectivity index (χ0v) is 19.1. The van der Waals surface area contributed by atoms with Crippen LogP contribution in [0.3, 0.4) is 0 Å². The fourth-order valence-corrected chi connectivity index (χ4v) is 4.29. The van der Waals surface area contributed by atoms with E-state index in [1.807, 2.05) is 11.8 Å². The Morgan fingerprint density at radius 3 is 2.50 bits per heavy atom. The molecule has 1 aromatic carbocycles. The number of nitrogens with zero attached hydrogens (tertiary/aromatic N) is 2. The van der Waals surface area contributed by atoms with Crippen LogP contribution in [-0.4, -0.2) is 37.1 Å². The molecule has 0 aliphatic carbocycles. The van der Waals surface area contributed by atoms with Crippen LogP contribution in [0.25, 0.3) is 0 Å². The number of aliphatic imine (C=N–C) groups is 1. The summed E-state index contributed by atoms with van der Waals surface area (Å²) >= 11 is 3.76. The highest BCUT2D eigenvalue weighted by Crippen LogP contribution is 2.19. The summed E-state index contributed by atoms with van der Waals surface area (Å²) in [5, 5.41) is 11.0. The van der Waals surface area contributed by atoms with E-state index in [0.717, 1.165) is 32.1 Å². The van der Waals surface area contributed by atoms with Gasteiger partial charge in [-0.1, -0.05) is 12.1 Å². The minimum absolute atomic E-state index is 0. The van der Waals surface area contributed by atoms with E-state index in [9.17, 15) is 0 Å². The van der Waals surface area contributed by atoms with Crippen molar-refractivity contribution in [2.24, 2.45) is 4.99 Å². The van der Waals surface area contributed by atoms with Crippen molar-refractivity contribution in [2.45, 2.75) is 20.0 Å². The molecule has 2 aromatic rings. The minimum atomic E-state index is 0. The largest absolute Gasteiger partial charge is 0.370 e. The van der Waals surface area contributed by atoms with E-state index in [-0.39, 0.29) is 24.0 Å². The molecule has 1 saturated heterocycles. The average molecular weight is 502 g/mol.